The molecule has 4 rings (SSSR count). The number of aliphatic carboxylic acids is 1. The summed E-state index contributed by atoms with van der Waals surface area (Å²) in [4.78, 5) is 24.8. The van der Waals surface area contributed by atoms with Crippen LogP contribution in [0.5, 0.6) is 0 Å². The average molecular weight is 611 g/mol. The summed E-state index contributed by atoms with van der Waals surface area (Å²) in [5.41, 5.74) is 4.49. The van der Waals surface area contributed by atoms with Crippen LogP contribution in [0.3, 0.4) is 0 Å². The number of para-hydroxylation sites is 1. The number of carbonyl (C=O) groups excluding carboxylic acids is 2. The number of hydrogen-bond acceptors (Lipinski definition) is 5. The maximum absolute atomic E-state index is 14.0. The van der Waals surface area contributed by atoms with Gasteiger partial charge in [0.05, 0.1) is 11.3 Å². The first-order valence-electron chi connectivity index (χ1n) is 13.6. The van der Waals surface area contributed by atoms with E-state index in [1.807, 2.05) is 66.9 Å². The summed E-state index contributed by atoms with van der Waals surface area (Å²) in [5.74, 6) is -2.37. The van der Waals surface area contributed by atoms with E-state index in [0.29, 0.717) is 33.8 Å². The molecule has 4 aromatic rings. The molecule has 1 amide bonds. The minimum atomic E-state index is -1.56. The van der Waals surface area contributed by atoms with Crippen molar-refractivity contribution in [2.75, 3.05) is 5.32 Å². The predicted molar refractivity (Wildman–Crippen MR) is 150 cm³/mol. The third-order valence-corrected chi connectivity index (χ3v) is 6.88. The summed E-state index contributed by atoms with van der Waals surface area (Å²) < 4.78 is 15.9. The second-order valence-corrected chi connectivity index (χ2v) is 10.3. The van der Waals surface area contributed by atoms with Gasteiger partial charge in [-0.3, -0.25) is 4.79 Å². The molecule has 0 aliphatic rings. The molecule has 0 unspecified atom stereocenters. The molecule has 2 atom stereocenters. The molecular formula is C33H32FFeN2O5. The van der Waals surface area contributed by atoms with Gasteiger partial charge in [-0.2, -0.15) is 0 Å². The van der Waals surface area contributed by atoms with Crippen LogP contribution < -0.4 is 20.6 Å². The van der Waals surface area contributed by atoms with Crippen molar-refractivity contribution in [3.63, 3.8) is 0 Å². The Labute approximate surface area is 255 Å². The van der Waals surface area contributed by atoms with Gasteiger partial charge in [-0.15, -0.1) is 12.2 Å². The molecule has 9 heteroatoms. The van der Waals surface area contributed by atoms with Crippen molar-refractivity contribution in [3.05, 3.63) is 102 Å². The first kappa shape index (κ1) is 32.8. The Hall–Kier alpha value is -3.75. The number of amides is 1. The molecule has 0 spiro atoms. The molecule has 0 saturated heterocycles. The first-order valence-corrected chi connectivity index (χ1v) is 13.6. The number of carboxylic acid groups (broad SMARTS) is 1. The Balaban J connectivity index is 0.00000484. The zero-order valence-corrected chi connectivity index (χ0v) is 24.5. The molecule has 1 heterocycles. The van der Waals surface area contributed by atoms with Gasteiger partial charge >= 0.3 is 17.1 Å². The molecule has 0 bridgehead atoms. The number of nitrogens with one attached hydrogen (secondary N) is 1. The topological polar surface area (TPSA) is 120 Å². The molecular weight excluding hydrogens is 579 g/mol. The zero-order chi connectivity index (χ0) is 29.5. The van der Waals surface area contributed by atoms with Gasteiger partial charge in [0.1, 0.15) is 5.82 Å². The van der Waals surface area contributed by atoms with Crippen molar-refractivity contribution in [2.45, 2.75) is 57.8 Å². The number of carbonyl (C=O) groups is 2. The van der Waals surface area contributed by atoms with E-state index in [1.54, 1.807) is 24.3 Å². The molecule has 3 aromatic carbocycles. The Morgan fingerprint density at radius 3 is 2.02 bits per heavy atom. The van der Waals surface area contributed by atoms with E-state index in [9.17, 15) is 29.3 Å². The van der Waals surface area contributed by atoms with E-state index in [1.165, 1.54) is 12.1 Å². The van der Waals surface area contributed by atoms with Crippen LogP contribution in [0.15, 0.2) is 84.9 Å². The van der Waals surface area contributed by atoms with Crippen LogP contribution in [0, 0.1) is 5.82 Å². The summed E-state index contributed by atoms with van der Waals surface area (Å²) in [5, 5.41) is 38.7. The van der Waals surface area contributed by atoms with Gasteiger partial charge < -0.3 is 30.0 Å². The minimum absolute atomic E-state index is 0. The number of aromatic nitrogens is 1. The first-order chi connectivity index (χ1) is 19.7. The van der Waals surface area contributed by atoms with E-state index >= 15 is 0 Å². The van der Waals surface area contributed by atoms with Crippen LogP contribution in [0.25, 0.3) is 22.4 Å². The monoisotopic (exact) mass is 611 g/mol. The molecule has 219 valence electrons. The minimum Gasteiger partial charge on any atom is -0.852 e. The van der Waals surface area contributed by atoms with Gasteiger partial charge in [0.15, 0.2) is 0 Å². The van der Waals surface area contributed by atoms with Gasteiger partial charge in [0, 0.05) is 29.5 Å². The summed E-state index contributed by atoms with van der Waals surface area (Å²) in [6, 6.07) is 24.5. The Morgan fingerprint density at radius 2 is 1.45 bits per heavy atom. The van der Waals surface area contributed by atoms with E-state index in [4.69, 9.17) is 0 Å². The SMILES string of the molecule is CC(C)c1c(C(=O)Nc2ccccc2)c(-c2ccccc2)c(-c2ccc(F)cc2)n1CC[C@@H]([O-])C[C@@H]([O-])CC(=O)[O-].[Fe+3]. The number of rotatable bonds is 12. The predicted octanol–water partition coefficient (Wildman–Crippen LogP) is 3.71. The molecule has 0 aliphatic carbocycles. The average Bonchev–Trinajstić information content (AvgIpc) is 3.28. The number of hydrogen-bond donors (Lipinski definition) is 1. The Bertz CT molecular complexity index is 1470. The van der Waals surface area contributed by atoms with Crippen molar-refractivity contribution in [1.29, 1.82) is 0 Å². The number of anilines is 1. The van der Waals surface area contributed by atoms with E-state index in [0.717, 1.165) is 5.56 Å². The van der Waals surface area contributed by atoms with Gasteiger partial charge in [-0.25, -0.2) is 4.39 Å². The third-order valence-electron chi connectivity index (χ3n) is 6.88. The van der Waals surface area contributed by atoms with Crippen LogP contribution >= 0.6 is 0 Å². The smallest absolute Gasteiger partial charge is 0.852 e. The molecule has 42 heavy (non-hydrogen) atoms. The van der Waals surface area contributed by atoms with Crippen LogP contribution in [0.2, 0.25) is 0 Å². The Morgan fingerprint density at radius 1 is 0.857 bits per heavy atom. The molecule has 1 N–H and O–H groups in total. The number of halogens is 1. The number of benzene rings is 3. The van der Waals surface area contributed by atoms with Crippen molar-refractivity contribution >= 4 is 17.6 Å². The Kier molecular flexibility index (Phi) is 11.6. The van der Waals surface area contributed by atoms with Crippen molar-refractivity contribution < 1.29 is 46.4 Å². The van der Waals surface area contributed by atoms with Crippen molar-refractivity contribution in [2.24, 2.45) is 0 Å². The van der Waals surface area contributed by atoms with Gasteiger partial charge in [-0.05, 0) is 66.3 Å². The fourth-order valence-electron chi connectivity index (χ4n) is 5.16. The molecule has 1 radical (unpaired) electrons. The van der Waals surface area contributed by atoms with Crippen LogP contribution in [0.1, 0.15) is 55.1 Å². The number of carboxylic acids is 1. The second kappa shape index (κ2) is 14.9. The van der Waals surface area contributed by atoms with Gasteiger partial charge in [-0.1, -0.05) is 68.8 Å². The maximum atomic E-state index is 14.0. The molecule has 1 aromatic heterocycles. The van der Waals surface area contributed by atoms with E-state index < -0.39 is 30.4 Å². The largest absolute Gasteiger partial charge is 3.00 e. The summed E-state index contributed by atoms with van der Waals surface area (Å²) in [6.07, 6.45) is -3.92. The van der Waals surface area contributed by atoms with Crippen molar-refractivity contribution in [3.8, 4) is 22.4 Å². The normalized spacial score (nSPS) is 12.4. The van der Waals surface area contributed by atoms with Crippen LogP contribution in [-0.2, 0) is 28.4 Å². The molecule has 0 aliphatic heterocycles. The van der Waals surface area contributed by atoms with E-state index in [-0.39, 0.29) is 48.3 Å². The summed E-state index contributed by atoms with van der Waals surface area (Å²) in [7, 11) is 0. The quantitative estimate of drug-likeness (QED) is 0.245. The molecule has 0 fully saturated rings. The second-order valence-electron chi connectivity index (χ2n) is 10.3. The summed E-state index contributed by atoms with van der Waals surface area (Å²) in [6.45, 7) is 4.08. The third kappa shape index (κ3) is 7.95. The fraction of sp³-hybridized carbons (Fsp3) is 0.273. The fourth-order valence-corrected chi connectivity index (χ4v) is 5.16. The van der Waals surface area contributed by atoms with E-state index in [2.05, 4.69) is 5.32 Å². The van der Waals surface area contributed by atoms with Crippen molar-refractivity contribution in [1.82, 2.24) is 4.57 Å². The zero-order valence-electron chi connectivity index (χ0n) is 23.4. The molecule has 7 nitrogen and oxygen atoms in total. The number of nitrogens with zero attached hydrogens (tertiary/aromatic N) is 1. The van der Waals surface area contributed by atoms with Crippen LogP contribution in [0.4, 0.5) is 10.1 Å². The van der Waals surface area contributed by atoms with Crippen LogP contribution in [-0.4, -0.2) is 28.7 Å². The van der Waals surface area contributed by atoms with Gasteiger partial charge in [0.2, 0.25) is 0 Å². The molecule has 0 saturated carbocycles. The maximum Gasteiger partial charge on any atom is 3.00 e. The van der Waals surface area contributed by atoms with Gasteiger partial charge in [0.25, 0.3) is 5.91 Å². The standard InChI is InChI=1S/C33H33FN2O5.Fe/c1-21(2)31-30(33(41)35-25-11-7-4-8-12-25)29(22-9-5-3-6-10-22)32(23-13-15-24(34)16-14-23)36(31)18-17-26(37)19-27(38)20-28(39)40;/h3-16,21,26-27H,17-20H2,1-2H3,(H,35,41)(H,39,40);/q-2;+3/p-1/t26-,27-;/m1./s1. The summed E-state index contributed by atoms with van der Waals surface area (Å²) >= 11 is 0.